The Morgan fingerprint density at radius 2 is 2.00 bits per heavy atom. The van der Waals surface area contributed by atoms with Crippen LogP contribution in [-0.4, -0.2) is 15.7 Å². The summed E-state index contributed by atoms with van der Waals surface area (Å²) in [6.07, 6.45) is 0. The number of nitrogens with zero attached hydrogens (tertiary/aromatic N) is 2. The highest BCUT2D eigenvalue weighted by Crippen LogP contribution is 2.20. The van der Waals surface area contributed by atoms with Gasteiger partial charge in [0.1, 0.15) is 0 Å². The van der Waals surface area contributed by atoms with Crippen LogP contribution < -0.4 is 4.74 Å². The first-order chi connectivity index (χ1) is 8.06. The maximum atomic E-state index is 11.0. The predicted molar refractivity (Wildman–Crippen MR) is 64.6 cm³/mol. The number of aryl methyl sites for hydroxylation is 1. The molecular formula is C12H11ClN2O2. The van der Waals surface area contributed by atoms with Gasteiger partial charge in [-0.15, -0.1) is 0 Å². The largest absolute Gasteiger partial charge is 0.408 e. The molecule has 88 valence electrons. The number of ether oxygens (including phenoxy) is 1. The van der Waals surface area contributed by atoms with E-state index < -0.39 is 0 Å². The van der Waals surface area contributed by atoms with E-state index in [0.717, 1.165) is 11.4 Å². The van der Waals surface area contributed by atoms with E-state index in [4.69, 9.17) is 16.3 Å². The number of hydrogen-bond donors (Lipinski definition) is 0. The number of carbonyl (C=O) groups excluding carboxylic acids is 1. The first-order valence-corrected chi connectivity index (χ1v) is 5.45. The van der Waals surface area contributed by atoms with Gasteiger partial charge in [-0.1, -0.05) is 11.6 Å². The first-order valence-electron chi connectivity index (χ1n) is 5.07. The molecule has 0 fully saturated rings. The van der Waals surface area contributed by atoms with Crippen molar-refractivity contribution in [2.45, 2.75) is 13.8 Å². The van der Waals surface area contributed by atoms with Gasteiger partial charge >= 0.3 is 5.97 Å². The zero-order valence-electron chi connectivity index (χ0n) is 9.48. The average Bonchev–Trinajstić information content (AvgIpc) is 2.59. The van der Waals surface area contributed by atoms with E-state index in [2.05, 4.69) is 5.10 Å². The number of carbonyl (C=O) groups is 1. The van der Waals surface area contributed by atoms with Crippen molar-refractivity contribution < 1.29 is 9.53 Å². The third-order valence-corrected chi connectivity index (χ3v) is 2.37. The Morgan fingerprint density at radius 1 is 1.35 bits per heavy atom. The molecular weight excluding hydrogens is 240 g/mol. The minimum atomic E-state index is -0.375. The fourth-order valence-electron chi connectivity index (χ4n) is 1.46. The summed E-state index contributed by atoms with van der Waals surface area (Å²) in [5.74, 6) is 0.0254. The third kappa shape index (κ3) is 2.65. The summed E-state index contributed by atoms with van der Waals surface area (Å²) in [4.78, 5) is 11.0. The quantitative estimate of drug-likeness (QED) is 0.770. The first kappa shape index (κ1) is 11.7. The molecule has 5 heteroatoms. The Morgan fingerprint density at radius 3 is 2.59 bits per heavy atom. The molecule has 0 aliphatic heterocycles. The number of aromatic nitrogens is 2. The fourth-order valence-corrected chi connectivity index (χ4v) is 1.59. The van der Waals surface area contributed by atoms with E-state index >= 15 is 0 Å². The summed E-state index contributed by atoms with van der Waals surface area (Å²) >= 11 is 5.81. The molecule has 1 aromatic carbocycles. The zero-order chi connectivity index (χ0) is 12.4. The van der Waals surface area contributed by atoms with Crippen LogP contribution in [0.15, 0.2) is 30.3 Å². The molecule has 0 radical (unpaired) electrons. The number of esters is 1. The molecule has 0 N–H and O–H groups in total. The van der Waals surface area contributed by atoms with Crippen LogP contribution >= 0.6 is 11.6 Å². The molecule has 0 saturated heterocycles. The van der Waals surface area contributed by atoms with Crippen molar-refractivity contribution in [1.82, 2.24) is 9.78 Å². The molecule has 2 rings (SSSR count). The minimum Gasteiger partial charge on any atom is -0.408 e. The second-order valence-corrected chi connectivity index (χ2v) is 4.04. The van der Waals surface area contributed by atoms with Crippen molar-refractivity contribution in [3.63, 3.8) is 0 Å². The summed E-state index contributed by atoms with van der Waals surface area (Å²) < 4.78 is 6.64. The smallest absolute Gasteiger partial charge is 0.309 e. The van der Waals surface area contributed by atoms with E-state index in [0.29, 0.717) is 10.9 Å². The third-order valence-electron chi connectivity index (χ3n) is 2.12. The molecule has 2 aromatic rings. The van der Waals surface area contributed by atoms with Gasteiger partial charge in [-0.25, -0.2) is 4.68 Å². The molecule has 0 aliphatic rings. The van der Waals surface area contributed by atoms with Crippen LogP contribution in [0.4, 0.5) is 0 Å². The molecule has 1 heterocycles. The Kier molecular flexibility index (Phi) is 3.15. The second kappa shape index (κ2) is 4.59. The van der Waals surface area contributed by atoms with Crippen molar-refractivity contribution in [2.24, 2.45) is 0 Å². The summed E-state index contributed by atoms with van der Waals surface area (Å²) in [6, 6.07) is 8.83. The molecule has 4 nitrogen and oxygen atoms in total. The lowest BCUT2D eigenvalue weighted by Crippen LogP contribution is -2.07. The predicted octanol–water partition coefficient (Wildman–Crippen LogP) is 2.76. The van der Waals surface area contributed by atoms with Crippen LogP contribution in [0.25, 0.3) is 5.69 Å². The molecule has 0 spiro atoms. The van der Waals surface area contributed by atoms with Gasteiger partial charge < -0.3 is 4.74 Å². The van der Waals surface area contributed by atoms with Gasteiger partial charge in [-0.2, -0.15) is 5.10 Å². The Hall–Kier alpha value is -1.81. The summed E-state index contributed by atoms with van der Waals surface area (Å²) in [5, 5.41) is 4.91. The summed E-state index contributed by atoms with van der Waals surface area (Å²) in [6.45, 7) is 3.19. The van der Waals surface area contributed by atoms with Gasteiger partial charge in [0.2, 0.25) is 5.88 Å². The lowest BCUT2D eigenvalue weighted by Gasteiger charge is -2.06. The summed E-state index contributed by atoms with van der Waals surface area (Å²) in [7, 11) is 0. The molecule has 0 bridgehead atoms. The fraction of sp³-hybridized carbons (Fsp3) is 0.167. The molecule has 1 aromatic heterocycles. The number of rotatable bonds is 2. The zero-order valence-corrected chi connectivity index (χ0v) is 10.2. The second-order valence-electron chi connectivity index (χ2n) is 3.61. The van der Waals surface area contributed by atoms with E-state index in [-0.39, 0.29) is 5.97 Å². The highest BCUT2D eigenvalue weighted by molar-refractivity contribution is 6.30. The molecule has 0 unspecified atom stereocenters. The van der Waals surface area contributed by atoms with Crippen molar-refractivity contribution in [1.29, 1.82) is 0 Å². The van der Waals surface area contributed by atoms with Crippen LogP contribution in [0.2, 0.25) is 5.02 Å². The molecule has 17 heavy (non-hydrogen) atoms. The minimum absolute atomic E-state index is 0.375. The lowest BCUT2D eigenvalue weighted by atomic mass is 10.3. The maximum absolute atomic E-state index is 11.0. The van der Waals surface area contributed by atoms with E-state index in [1.165, 1.54) is 6.92 Å². The SMILES string of the molecule is CC(=O)Oc1cc(C)nn1-c1ccc(Cl)cc1. The van der Waals surface area contributed by atoms with Crippen LogP contribution in [0, 0.1) is 6.92 Å². The van der Waals surface area contributed by atoms with Crippen molar-refractivity contribution in [3.05, 3.63) is 41.0 Å². The Labute approximate surface area is 104 Å². The van der Waals surface area contributed by atoms with Crippen LogP contribution in [0.1, 0.15) is 12.6 Å². The molecule has 0 amide bonds. The van der Waals surface area contributed by atoms with Gasteiger partial charge in [-0.3, -0.25) is 4.79 Å². The van der Waals surface area contributed by atoms with Crippen molar-refractivity contribution in [2.75, 3.05) is 0 Å². The van der Waals surface area contributed by atoms with Crippen LogP contribution in [-0.2, 0) is 4.79 Å². The number of halogens is 1. The van der Waals surface area contributed by atoms with Gasteiger partial charge in [0.25, 0.3) is 0 Å². The van der Waals surface area contributed by atoms with Crippen LogP contribution in [0.3, 0.4) is 0 Å². The Bertz CT molecular complexity index is 546. The highest BCUT2D eigenvalue weighted by Gasteiger charge is 2.10. The topological polar surface area (TPSA) is 44.1 Å². The normalized spacial score (nSPS) is 10.3. The van der Waals surface area contributed by atoms with Crippen molar-refractivity contribution >= 4 is 17.6 Å². The maximum Gasteiger partial charge on any atom is 0.309 e. The van der Waals surface area contributed by atoms with Gasteiger partial charge in [0.15, 0.2) is 0 Å². The summed E-state index contributed by atoms with van der Waals surface area (Å²) in [5.41, 5.74) is 1.56. The molecule has 0 atom stereocenters. The monoisotopic (exact) mass is 250 g/mol. The van der Waals surface area contributed by atoms with Crippen LogP contribution in [0.5, 0.6) is 5.88 Å². The van der Waals surface area contributed by atoms with Gasteiger partial charge in [0.05, 0.1) is 11.4 Å². The average molecular weight is 251 g/mol. The molecule has 0 saturated carbocycles. The van der Waals surface area contributed by atoms with E-state index in [1.807, 2.05) is 19.1 Å². The van der Waals surface area contributed by atoms with Gasteiger partial charge in [-0.05, 0) is 31.2 Å². The van der Waals surface area contributed by atoms with E-state index in [9.17, 15) is 4.79 Å². The van der Waals surface area contributed by atoms with E-state index in [1.54, 1.807) is 22.9 Å². The molecule has 0 aliphatic carbocycles. The highest BCUT2D eigenvalue weighted by atomic mass is 35.5. The Balaban J connectivity index is 2.43. The number of benzene rings is 1. The van der Waals surface area contributed by atoms with Crippen molar-refractivity contribution in [3.8, 4) is 11.6 Å². The lowest BCUT2D eigenvalue weighted by molar-refractivity contribution is -0.132. The standard InChI is InChI=1S/C12H11ClN2O2/c1-8-7-12(17-9(2)16)15(14-8)11-5-3-10(13)4-6-11/h3-7H,1-2H3. The number of hydrogen-bond acceptors (Lipinski definition) is 3. The van der Waals surface area contributed by atoms with Gasteiger partial charge in [0, 0.05) is 18.0 Å².